The van der Waals surface area contributed by atoms with Gasteiger partial charge >= 0.3 is 0 Å². The molecular formula is C14H15N5O. The van der Waals surface area contributed by atoms with Gasteiger partial charge in [0.1, 0.15) is 11.6 Å². The van der Waals surface area contributed by atoms with E-state index in [4.69, 9.17) is 11.5 Å². The summed E-state index contributed by atoms with van der Waals surface area (Å²) in [7, 11) is 0. The summed E-state index contributed by atoms with van der Waals surface area (Å²) in [5.41, 5.74) is 13.9. The zero-order valence-corrected chi connectivity index (χ0v) is 10.9. The average Bonchev–Trinajstić information content (AvgIpc) is 2.47. The van der Waals surface area contributed by atoms with E-state index in [0.29, 0.717) is 30.2 Å². The molecule has 1 aliphatic rings. The molecule has 0 unspecified atom stereocenters. The first kappa shape index (κ1) is 12.6. The van der Waals surface area contributed by atoms with Gasteiger partial charge in [-0.25, -0.2) is 9.97 Å². The second-order valence-electron chi connectivity index (χ2n) is 4.65. The number of hydrogen-bond acceptors (Lipinski definition) is 5. The molecule has 102 valence electrons. The fourth-order valence-corrected chi connectivity index (χ4v) is 2.37. The summed E-state index contributed by atoms with van der Waals surface area (Å²) < 4.78 is 0. The molecule has 0 saturated carbocycles. The maximum Gasteiger partial charge on any atom is 0.233 e. The van der Waals surface area contributed by atoms with E-state index in [9.17, 15) is 4.79 Å². The van der Waals surface area contributed by atoms with Crippen LogP contribution in [0.4, 0.5) is 17.2 Å². The highest BCUT2D eigenvalue weighted by atomic mass is 16.2. The van der Waals surface area contributed by atoms with Crippen LogP contribution >= 0.6 is 0 Å². The molecule has 4 N–H and O–H groups in total. The molecule has 3 rings (SSSR count). The summed E-state index contributed by atoms with van der Waals surface area (Å²) in [6.45, 7) is 0.241. The number of nitrogen functional groups attached to an aromatic ring is 1. The molecule has 0 radical (unpaired) electrons. The van der Waals surface area contributed by atoms with E-state index >= 15 is 0 Å². The number of anilines is 3. The van der Waals surface area contributed by atoms with Crippen molar-refractivity contribution in [3.05, 3.63) is 41.9 Å². The molecule has 2 aromatic rings. The van der Waals surface area contributed by atoms with Gasteiger partial charge in [-0.1, -0.05) is 0 Å². The Balaban J connectivity index is 2.10. The molecule has 0 aliphatic carbocycles. The first-order valence-corrected chi connectivity index (χ1v) is 6.42. The maximum atomic E-state index is 12.2. The van der Waals surface area contributed by atoms with Gasteiger partial charge < -0.3 is 11.5 Å². The van der Waals surface area contributed by atoms with Crippen LogP contribution in [0.2, 0.25) is 0 Å². The Hall–Kier alpha value is -2.47. The van der Waals surface area contributed by atoms with Crippen molar-refractivity contribution in [3.63, 3.8) is 0 Å². The highest BCUT2D eigenvalue weighted by Gasteiger charge is 2.26. The quantitative estimate of drug-likeness (QED) is 0.796. The van der Waals surface area contributed by atoms with Gasteiger partial charge in [-0.05, 0) is 36.2 Å². The SMILES string of the molecule is NCc1nccc(N2C(=O)CCc3cc(N)ccc32)n1. The predicted molar refractivity (Wildman–Crippen MR) is 76.2 cm³/mol. The number of aromatic nitrogens is 2. The van der Waals surface area contributed by atoms with Crippen molar-refractivity contribution in [2.24, 2.45) is 5.73 Å². The number of benzene rings is 1. The third-order valence-corrected chi connectivity index (χ3v) is 3.30. The van der Waals surface area contributed by atoms with Crippen molar-refractivity contribution in [2.45, 2.75) is 19.4 Å². The predicted octanol–water partition coefficient (Wildman–Crippen LogP) is 1.13. The van der Waals surface area contributed by atoms with E-state index in [-0.39, 0.29) is 12.5 Å². The summed E-state index contributed by atoms with van der Waals surface area (Å²) in [4.78, 5) is 22.2. The summed E-state index contributed by atoms with van der Waals surface area (Å²) in [6.07, 6.45) is 2.76. The molecule has 1 aromatic heterocycles. The average molecular weight is 269 g/mol. The molecule has 1 aromatic carbocycles. The standard InChI is InChI=1S/C14H15N5O/c15-8-12-17-6-5-13(18-12)19-11-3-2-10(16)7-9(11)1-4-14(19)20/h2-3,5-7H,1,4,8,15-16H2. The number of nitrogens with zero attached hydrogens (tertiary/aromatic N) is 3. The molecule has 6 heteroatoms. The van der Waals surface area contributed by atoms with Crippen LogP contribution in [0.5, 0.6) is 0 Å². The molecule has 1 amide bonds. The molecule has 0 atom stereocenters. The minimum atomic E-state index is 0.0175. The smallest absolute Gasteiger partial charge is 0.233 e. The van der Waals surface area contributed by atoms with Crippen molar-refractivity contribution in [1.29, 1.82) is 0 Å². The fraction of sp³-hybridized carbons (Fsp3) is 0.214. The number of hydrogen-bond donors (Lipinski definition) is 2. The van der Waals surface area contributed by atoms with Gasteiger partial charge in [0.25, 0.3) is 0 Å². The molecule has 0 saturated heterocycles. The number of fused-ring (bicyclic) bond motifs is 1. The third-order valence-electron chi connectivity index (χ3n) is 3.30. The lowest BCUT2D eigenvalue weighted by molar-refractivity contribution is -0.118. The molecule has 2 heterocycles. The van der Waals surface area contributed by atoms with E-state index in [1.54, 1.807) is 23.2 Å². The second-order valence-corrected chi connectivity index (χ2v) is 4.65. The Kier molecular flexibility index (Phi) is 3.08. The molecular weight excluding hydrogens is 254 g/mol. The monoisotopic (exact) mass is 269 g/mol. The zero-order valence-electron chi connectivity index (χ0n) is 10.9. The van der Waals surface area contributed by atoms with Crippen LogP contribution in [0, 0.1) is 0 Å². The van der Waals surface area contributed by atoms with Crippen LogP contribution in [-0.4, -0.2) is 15.9 Å². The van der Waals surface area contributed by atoms with Gasteiger partial charge in [-0.15, -0.1) is 0 Å². The minimum Gasteiger partial charge on any atom is -0.399 e. The fourth-order valence-electron chi connectivity index (χ4n) is 2.37. The van der Waals surface area contributed by atoms with Crippen LogP contribution in [0.25, 0.3) is 0 Å². The van der Waals surface area contributed by atoms with E-state index < -0.39 is 0 Å². The van der Waals surface area contributed by atoms with Crippen LogP contribution in [0.1, 0.15) is 17.8 Å². The van der Waals surface area contributed by atoms with Gasteiger partial charge in [0.15, 0.2) is 0 Å². The topological polar surface area (TPSA) is 98.1 Å². The molecule has 0 spiro atoms. The van der Waals surface area contributed by atoms with Gasteiger partial charge in [0, 0.05) is 18.3 Å². The Labute approximate surface area is 116 Å². The van der Waals surface area contributed by atoms with Crippen LogP contribution in [0.3, 0.4) is 0 Å². The first-order valence-electron chi connectivity index (χ1n) is 6.42. The number of amides is 1. The lowest BCUT2D eigenvalue weighted by atomic mass is 10.0. The Morgan fingerprint density at radius 2 is 2.10 bits per heavy atom. The third kappa shape index (κ3) is 2.10. The normalized spacial score (nSPS) is 14.2. The van der Waals surface area contributed by atoms with Gasteiger partial charge in [0.05, 0.1) is 12.2 Å². The molecule has 0 fully saturated rings. The highest BCUT2D eigenvalue weighted by molar-refractivity contribution is 6.02. The van der Waals surface area contributed by atoms with Gasteiger partial charge in [-0.2, -0.15) is 0 Å². The Bertz CT molecular complexity index is 670. The van der Waals surface area contributed by atoms with E-state index in [1.807, 2.05) is 12.1 Å². The molecule has 20 heavy (non-hydrogen) atoms. The van der Waals surface area contributed by atoms with Crippen LogP contribution < -0.4 is 16.4 Å². The van der Waals surface area contributed by atoms with Gasteiger partial charge in [0.2, 0.25) is 5.91 Å². The van der Waals surface area contributed by atoms with Crippen molar-refractivity contribution in [1.82, 2.24) is 9.97 Å². The number of carbonyl (C=O) groups is 1. The summed E-state index contributed by atoms with van der Waals surface area (Å²) in [5.74, 6) is 1.08. The van der Waals surface area contributed by atoms with E-state index in [0.717, 1.165) is 11.3 Å². The number of aryl methyl sites for hydroxylation is 1. The van der Waals surface area contributed by atoms with Crippen LogP contribution in [0.15, 0.2) is 30.5 Å². The molecule has 1 aliphatic heterocycles. The summed E-state index contributed by atoms with van der Waals surface area (Å²) in [6, 6.07) is 7.25. The second kappa shape index (κ2) is 4.90. The van der Waals surface area contributed by atoms with Crippen LogP contribution in [-0.2, 0) is 17.8 Å². The van der Waals surface area contributed by atoms with Gasteiger partial charge in [-0.3, -0.25) is 9.69 Å². The maximum absolute atomic E-state index is 12.2. The summed E-state index contributed by atoms with van der Waals surface area (Å²) >= 11 is 0. The van der Waals surface area contributed by atoms with Crippen molar-refractivity contribution in [3.8, 4) is 0 Å². The lowest BCUT2D eigenvalue weighted by Gasteiger charge is -2.28. The number of carbonyl (C=O) groups excluding carboxylic acids is 1. The Morgan fingerprint density at radius 3 is 2.90 bits per heavy atom. The van der Waals surface area contributed by atoms with Crippen molar-refractivity contribution < 1.29 is 4.79 Å². The minimum absolute atomic E-state index is 0.0175. The largest absolute Gasteiger partial charge is 0.399 e. The first-order chi connectivity index (χ1) is 9.69. The Morgan fingerprint density at radius 1 is 1.25 bits per heavy atom. The van der Waals surface area contributed by atoms with E-state index in [1.165, 1.54) is 0 Å². The van der Waals surface area contributed by atoms with E-state index in [2.05, 4.69) is 9.97 Å². The molecule has 6 nitrogen and oxygen atoms in total. The highest BCUT2D eigenvalue weighted by Crippen LogP contribution is 2.34. The van der Waals surface area contributed by atoms with Crippen molar-refractivity contribution in [2.75, 3.05) is 10.6 Å². The van der Waals surface area contributed by atoms with Crippen molar-refractivity contribution >= 4 is 23.1 Å². The summed E-state index contributed by atoms with van der Waals surface area (Å²) in [5, 5.41) is 0. The number of nitrogens with two attached hydrogens (primary N) is 2. The molecule has 0 bridgehead atoms. The lowest BCUT2D eigenvalue weighted by Crippen LogP contribution is -2.31. The zero-order chi connectivity index (χ0) is 14.1. The number of rotatable bonds is 2.